The van der Waals surface area contributed by atoms with Crippen LogP contribution in [0.4, 0.5) is 20.6 Å². The lowest BCUT2D eigenvalue weighted by atomic mass is 9.93. The van der Waals surface area contributed by atoms with E-state index in [4.69, 9.17) is 11.6 Å². The van der Waals surface area contributed by atoms with Gasteiger partial charge in [-0.1, -0.05) is 29.8 Å². The maximum absolute atomic E-state index is 16.6. The molecule has 0 spiro atoms. The molecule has 59 heavy (non-hydrogen) atoms. The lowest BCUT2D eigenvalue weighted by Crippen LogP contribution is -2.50. The summed E-state index contributed by atoms with van der Waals surface area (Å²) in [5.74, 6) is -1.34. The molecule has 2 saturated heterocycles. The smallest absolute Gasteiger partial charge is 0.328 e. The minimum absolute atomic E-state index is 0.0329. The molecule has 3 aliphatic heterocycles. The summed E-state index contributed by atoms with van der Waals surface area (Å²) in [6.45, 7) is 3.50. The van der Waals surface area contributed by atoms with E-state index in [1.165, 1.54) is 9.80 Å². The second kappa shape index (κ2) is 16.4. The molecule has 0 radical (unpaired) electrons. The van der Waals surface area contributed by atoms with Gasteiger partial charge in [0.2, 0.25) is 11.8 Å². The third kappa shape index (κ3) is 8.02. The minimum Gasteiger partial charge on any atom is -0.368 e. The number of H-pyrrole nitrogens is 1. The summed E-state index contributed by atoms with van der Waals surface area (Å²) in [4.78, 5) is 75.6. The number of hydrogen-bond acceptors (Lipinski definition) is 7. The van der Waals surface area contributed by atoms with Gasteiger partial charge < -0.3 is 24.6 Å². The highest BCUT2D eigenvalue weighted by Crippen LogP contribution is 2.38. The first-order chi connectivity index (χ1) is 28.4. The molecule has 2 fully saturated rings. The van der Waals surface area contributed by atoms with Gasteiger partial charge in [-0.05, 0) is 71.7 Å². The molecule has 0 saturated carbocycles. The maximum Gasteiger partial charge on any atom is 0.328 e. The highest BCUT2D eigenvalue weighted by molar-refractivity contribution is 6.34. The van der Waals surface area contributed by atoms with Gasteiger partial charge in [0.15, 0.2) is 5.82 Å². The maximum atomic E-state index is 16.6. The number of halogens is 2. The number of amides is 6. The van der Waals surface area contributed by atoms with Gasteiger partial charge in [0, 0.05) is 114 Å². The van der Waals surface area contributed by atoms with Crippen LogP contribution in [-0.4, -0.2) is 119 Å². The largest absolute Gasteiger partial charge is 0.368 e. The number of fused-ring (bicyclic) bond motifs is 1. The van der Waals surface area contributed by atoms with Crippen molar-refractivity contribution in [2.45, 2.75) is 25.8 Å². The Balaban J connectivity index is 1.00. The number of carbonyl (C=O) groups is 5. The molecule has 2 aromatic heterocycles. The van der Waals surface area contributed by atoms with E-state index in [9.17, 15) is 24.0 Å². The van der Waals surface area contributed by atoms with Crippen LogP contribution in [-0.2, 0) is 16.1 Å². The number of carbonyl (C=O) groups excluding carboxylic acids is 5. The highest BCUT2D eigenvalue weighted by atomic mass is 35.5. The first kappa shape index (κ1) is 39.4. The van der Waals surface area contributed by atoms with E-state index in [0.717, 1.165) is 16.8 Å². The fraction of sp³-hybridized carbons (Fsp3) is 0.302. The van der Waals surface area contributed by atoms with Crippen molar-refractivity contribution in [3.05, 3.63) is 107 Å². The van der Waals surface area contributed by atoms with Crippen LogP contribution in [0.3, 0.4) is 0 Å². The molecule has 6 amide bonds. The van der Waals surface area contributed by atoms with Crippen LogP contribution >= 0.6 is 11.6 Å². The van der Waals surface area contributed by atoms with Gasteiger partial charge in [-0.2, -0.15) is 5.10 Å². The van der Waals surface area contributed by atoms with Crippen molar-refractivity contribution >= 4 is 69.1 Å². The van der Waals surface area contributed by atoms with Crippen LogP contribution < -0.4 is 15.1 Å². The van der Waals surface area contributed by atoms with Gasteiger partial charge in [-0.15, -0.1) is 0 Å². The number of imide groups is 1. The Morgan fingerprint density at radius 3 is 2.41 bits per heavy atom. The average molecular weight is 820 g/mol. The van der Waals surface area contributed by atoms with E-state index < -0.39 is 11.8 Å². The van der Waals surface area contributed by atoms with Gasteiger partial charge >= 0.3 is 6.03 Å². The second-order valence-electron chi connectivity index (χ2n) is 15.1. The Labute approximate surface area is 344 Å². The molecule has 0 aliphatic carbocycles. The summed E-state index contributed by atoms with van der Waals surface area (Å²) < 4.78 is 18.3. The van der Waals surface area contributed by atoms with Crippen molar-refractivity contribution in [2.75, 3.05) is 69.7 Å². The molecule has 0 bridgehead atoms. The van der Waals surface area contributed by atoms with Crippen LogP contribution in [0.2, 0.25) is 5.02 Å². The Hall–Kier alpha value is -6.48. The summed E-state index contributed by atoms with van der Waals surface area (Å²) in [7, 11) is 3.29. The van der Waals surface area contributed by atoms with Crippen LogP contribution in [0.15, 0.2) is 79.1 Å². The summed E-state index contributed by atoms with van der Waals surface area (Å²) in [5, 5.41) is 7.35. The molecule has 16 heteroatoms. The number of aromatic amines is 1. The fourth-order valence-corrected chi connectivity index (χ4v) is 8.11. The number of nitrogens with one attached hydrogen (secondary N) is 2. The van der Waals surface area contributed by atoms with Gasteiger partial charge in [-0.3, -0.25) is 34.1 Å². The Kier molecular flexibility index (Phi) is 10.9. The van der Waals surface area contributed by atoms with E-state index in [-0.39, 0.29) is 60.8 Å². The van der Waals surface area contributed by atoms with E-state index in [2.05, 4.69) is 20.3 Å². The molecule has 304 valence electrons. The molecule has 0 atom stereocenters. The lowest BCUT2D eigenvalue weighted by molar-refractivity contribution is -0.131. The monoisotopic (exact) mass is 819 g/mol. The first-order valence-corrected chi connectivity index (χ1v) is 19.9. The Morgan fingerprint density at radius 2 is 1.69 bits per heavy atom. The molecule has 5 aromatic rings. The van der Waals surface area contributed by atoms with Crippen molar-refractivity contribution in [3.8, 4) is 11.1 Å². The Morgan fingerprint density at radius 1 is 0.915 bits per heavy atom. The lowest BCUT2D eigenvalue weighted by Gasteiger charge is -2.36. The SMILES string of the molecule is CN(C)C(=O)c1cc2c(-c3ccc(N4CCN(C(=O)c5ccc(Cl)c(N6CCC(=O)NC6=O)c5)CC4)cc3)cc(C3=CCCN(C(=O)CCn4cccn4)C3)c(F)c2[nH]1. The zero-order valence-corrected chi connectivity index (χ0v) is 33.5. The molecule has 3 aromatic carbocycles. The third-order valence-corrected chi connectivity index (χ3v) is 11.4. The number of anilines is 2. The van der Waals surface area contributed by atoms with Crippen LogP contribution in [0.1, 0.15) is 45.7 Å². The molecular weight excluding hydrogens is 777 g/mol. The number of hydrogen-bond donors (Lipinski definition) is 2. The fourth-order valence-electron chi connectivity index (χ4n) is 7.89. The van der Waals surface area contributed by atoms with E-state index in [0.29, 0.717) is 78.5 Å². The second-order valence-corrected chi connectivity index (χ2v) is 15.5. The van der Waals surface area contributed by atoms with E-state index >= 15 is 4.39 Å². The molecule has 3 aliphatic rings. The van der Waals surface area contributed by atoms with Crippen LogP contribution in [0, 0.1) is 5.82 Å². The van der Waals surface area contributed by atoms with E-state index in [1.807, 2.05) is 48.7 Å². The number of piperazine rings is 1. The highest BCUT2D eigenvalue weighted by Gasteiger charge is 2.29. The van der Waals surface area contributed by atoms with Crippen molar-refractivity contribution in [1.82, 2.24) is 34.8 Å². The van der Waals surface area contributed by atoms with Crippen molar-refractivity contribution < 1.29 is 28.4 Å². The molecule has 0 unspecified atom stereocenters. The quantitative estimate of drug-likeness (QED) is 0.196. The topological polar surface area (TPSA) is 147 Å². The molecule has 14 nitrogen and oxygen atoms in total. The summed E-state index contributed by atoms with van der Waals surface area (Å²) >= 11 is 6.41. The number of urea groups is 1. The Bertz CT molecular complexity index is 2490. The van der Waals surface area contributed by atoms with Crippen molar-refractivity contribution in [1.29, 1.82) is 0 Å². The zero-order chi connectivity index (χ0) is 41.4. The predicted octanol–water partition coefficient (Wildman–Crippen LogP) is 5.64. The summed E-state index contributed by atoms with van der Waals surface area (Å²) in [6, 6.07) is 17.5. The number of rotatable bonds is 9. The normalized spacial score (nSPS) is 16.0. The third-order valence-electron chi connectivity index (χ3n) is 11.1. The molecule has 5 heterocycles. The first-order valence-electron chi connectivity index (χ1n) is 19.5. The predicted molar refractivity (Wildman–Crippen MR) is 223 cm³/mol. The minimum atomic E-state index is -0.576. The zero-order valence-electron chi connectivity index (χ0n) is 32.7. The van der Waals surface area contributed by atoms with Gasteiger partial charge in [0.05, 0.1) is 16.2 Å². The van der Waals surface area contributed by atoms with Crippen LogP contribution in [0.25, 0.3) is 27.6 Å². The van der Waals surface area contributed by atoms with E-state index in [1.54, 1.807) is 59.0 Å². The molecular formula is C43H43ClFN9O5. The molecule has 2 N–H and O–H groups in total. The number of aromatic nitrogens is 3. The average Bonchev–Trinajstić information content (AvgIpc) is 3.95. The number of aryl methyl sites for hydroxylation is 1. The number of nitrogens with zero attached hydrogens (tertiary/aromatic N) is 7. The summed E-state index contributed by atoms with van der Waals surface area (Å²) in [6.07, 6.45) is 6.47. The van der Waals surface area contributed by atoms with Gasteiger partial charge in [0.25, 0.3) is 11.8 Å². The van der Waals surface area contributed by atoms with Crippen molar-refractivity contribution in [3.63, 3.8) is 0 Å². The standard InChI is InChI=1S/C43H43ClFN9O5/c1-49(2)42(58)35-25-33-31(24-32(39(45)40(33)47-35)29-5-3-15-52(26-29)38(56)13-17-53-16-4-14-46-53)27-6-9-30(10-7-27)50-19-21-51(22-20-50)41(57)28-8-11-34(44)36(23-28)54-18-12-37(55)48-43(54)59/h4-11,14,16,23-25,47H,3,12-13,15,17-22,26H2,1-2H3,(H,48,55,59). The van der Waals surface area contributed by atoms with Gasteiger partial charge in [-0.25, -0.2) is 9.18 Å². The summed E-state index contributed by atoms with van der Waals surface area (Å²) in [5.41, 5.74) is 4.84. The van der Waals surface area contributed by atoms with Crippen LogP contribution in [0.5, 0.6) is 0 Å². The number of benzene rings is 3. The van der Waals surface area contributed by atoms with Gasteiger partial charge in [0.1, 0.15) is 5.69 Å². The van der Waals surface area contributed by atoms with Crippen molar-refractivity contribution in [2.24, 2.45) is 0 Å². The molecule has 8 rings (SSSR count).